The second-order valence-corrected chi connectivity index (χ2v) is 9.62. The minimum absolute atomic E-state index is 0.108. The van der Waals surface area contributed by atoms with Gasteiger partial charge in [-0.2, -0.15) is 4.31 Å². The van der Waals surface area contributed by atoms with Gasteiger partial charge in [0.25, 0.3) is 0 Å². The molecule has 1 aliphatic rings. The van der Waals surface area contributed by atoms with Gasteiger partial charge in [0.15, 0.2) is 0 Å². The van der Waals surface area contributed by atoms with Crippen LogP contribution >= 0.6 is 0 Å². The molecule has 10 heteroatoms. The largest absolute Gasteiger partial charge is 0.360 e. The summed E-state index contributed by atoms with van der Waals surface area (Å²) < 4.78 is 33.7. The Morgan fingerprint density at radius 2 is 1.73 bits per heavy atom. The number of ether oxygens (including phenoxy) is 1. The van der Waals surface area contributed by atoms with Gasteiger partial charge in [0.2, 0.25) is 10.0 Å². The number of rotatable bonds is 7. The molecule has 1 atom stereocenters. The van der Waals surface area contributed by atoms with Crippen molar-refractivity contribution in [2.75, 3.05) is 46.9 Å². The second kappa shape index (κ2) is 10.3. The summed E-state index contributed by atoms with van der Waals surface area (Å²) in [7, 11) is -0.110. The minimum Gasteiger partial charge on any atom is -0.360 e. The van der Waals surface area contributed by atoms with E-state index in [1.54, 1.807) is 13.8 Å². The SMILES string of the molecule is Cc1cc(C)c(S(=O)(=O)N2CCCO[C@H]2CNC(=O)C(=O)NCCN(C)C)c(C)c1. The molecule has 0 radical (unpaired) electrons. The Bertz CT molecular complexity index is 862. The van der Waals surface area contributed by atoms with Gasteiger partial charge in [-0.15, -0.1) is 0 Å². The number of hydrogen-bond donors (Lipinski definition) is 2. The van der Waals surface area contributed by atoms with E-state index >= 15 is 0 Å². The van der Waals surface area contributed by atoms with Crippen LogP contribution < -0.4 is 10.6 Å². The Balaban J connectivity index is 2.10. The van der Waals surface area contributed by atoms with E-state index in [4.69, 9.17) is 4.74 Å². The Kier molecular flexibility index (Phi) is 8.36. The van der Waals surface area contributed by atoms with Crippen LogP contribution in [0, 0.1) is 20.8 Å². The van der Waals surface area contributed by atoms with E-state index in [1.807, 2.05) is 38.1 Å². The van der Waals surface area contributed by atoms with E-state index in [1.165, 1.54) is 4.31 Å². The lowest BCUT2D eigenvalue weighted by Gasteiger charge is -2.35. The summed E-state index contributed by atoms with van der Waals surface area (Å²) in [5.74, 6) is -1.57. The molecule has 1 aromatic carbocycles. The van der Waals surface area contributed by atoms with E-state index < -0.39 is 28.1 Å². The van der Waals surface area contributed by atoms with Gasteiger partial charge in [-0.1, -0.05) is 17.7 Å². The van der Waals surface area contributed by atoms with Gasteiger partial charge in [0, 0.05) is 19.6 Å². The van der Waals surface area contributed by atoms with E-state index in [0.29, 0.717) is 37.2 Å². The van der Waals surface area contributed by atoms with Gasteiger partial charge in [-0.25, -0.2) is 8.42 Å². The maximum Gasteiger partial charge on any atom is 0.309 e. The first-order valence-electron chi connectivity index (χ1n) is 9.96. The smallest absolute Gasteiger partial charge is 0.309 e. The molecule has 0 unspecified atom stereocenters. The van der Waals surface area contributed by atoms with Gasteiger partial charge in [-0.05, 0) is 52.4 Å². The molecule has 1 aliphatic heterocycles. The van der Waals surface area contributed by atoms with Gasteiger partial charge in [-0.3, -0.25) is 9.59 Å². The van der Waals surface area contributed by atoms with Crippen LogP contribution in [0.15, 0.2) is 17.0 Å². The fourth-order valence-electron chi connectivity index (χ4n) is 3.53. The zero-order valence-corrected chi connectivity index (χ0v) is 19.1. The Morgan fingerprint density at radius 1 is 1.13 bits per heavy atom. The van der Waals surface area contributed by atoms with Crippen molar-refractivity contribution in [3.05, 3.63) is 28.8 Å². The molecule has 1 fully saturated rings. The lowest BCUT2D eigenvalue weighted by Crippen LogP contribution is -2.53. The average Bonchev–Trinajstić information content (AvgIpc) is 2.64. The molecule has 9 nitrogen and oxygen atoms in total. The van der Waals surface area contributed by atoms with Gasteiger partial charge >= 0.3 is 11.8 Å². The number of carbonyl (C=O) groups excluding carboxylic acids is 2. The third kappa shape index (κ3) is 6.00. The molecule has 2 rings (SSSR count). The Morgan fingerprint density at radius 3 is 2.33 bits per heavy atom. The summed E-state index contributed by atoms with van der Waals surface area (Å²) in [6, 6.07) is 3.67. The van der Waals surface area contributed by atoms with Crippen LogP contribution in [0.1, 0.15) is 23.1 Å². The number of nitrogens with one attached hydrogen (secondary N) is 2. The fourth-order valence-corrected chi connectivity index (χ4v) is 5.51. The quantitative estimate of drug-likeness (QED) is 0.584. The summed E-state index contributed by atoms with van der Waals surface area (Å²) in [6.07, 6.45) is -0.319. The van der Waals surface area contributed by atoms with Crippen molar-refractivity contribution in [1.82, 2.24) is 19.8 Å². The monoisotopic (exact) mass is 440 g/mol. The zero-order valence-electron chi connectivity index (χ0n) is 18.3. The Hall–Kier alpha value is -2.01. The van der Waals surface area contributed by atoms with E-state index in [-0.39, 0.29) is 18.0 Å². The maximum absolute atomic E-state index is 13.4. The van der Waals surface area contributed by atoms with Crippen LogP contribution in [-0.2, 0) is 24.3 Å². The zero-order chi connectivity index (χ0) is 22.5. The predicted octanol–water partition coefficient (Wildman–Crippen LogP) is 0.143. The van der Waals surface area contributed by atoms with Gasteiger partial charge in [0.05, 0.1) is 18.0 Å². The highest BCUT2D eigenvalue weighted by atomic mass is 32.2. The molecule has 0 spiro atoms. The first kappa shape index (κ1) is 24.3. The van der Waals surface area contributed by atoms with Gasteiger partial charge in [0.1, 0.15) is 6.23 Å². The van der Waals surface area contributed by atoms with Crippen molar-refractivity contribution in [3.63, 3.8) is 0 Å². The first-order valence-corrected chi connectivity index (χ1v) is 11.4. The third-order valence-electron chi connectivity index (χ3n) is 4.81. The van der Waals surface area contributed by atoms with Crippen LogP contribution in [0.2, 0.25) is 0 Å². The molecule has 30 heavy (non-hydrogen) atoms. The number of carbonyl (C=O) groups is 2. The van der Waals surface area contributed by atoms with Crippen LogP contribution in [0.4, 0.5) is 0 Å². The normalized spacial score (nSPS) is 17.7. The number of hydrogen-bond acceptors (Lipinski definition) is 6. The highest BCUT2D eigenvalue weighted by molar-refractivity contribution is 7.89. The van der Waals surface area contributed by atoms with Crippen LogP contribution in [0.3, 0.4) is 0 Å². The van der Waals surface area contributed by atoms with Crippen LogP contribution in [0.25, 0.3) is 0 Å². The van der Waals surface area contributed by atoms with E-state index in [9.17, 15) is 18.0 Å². The summed E-state index contributed by atoms with van der Waals surface area (Å²) >= 11 is 0. The molecule has 0 bridgehead atoms. The number of aryl methyl sites for hydroxylation is 3. The summed E-state index contributed by atoms with van der Waals surface area (Å²) in [5, 5.41) is 5.01. The molecule has 168 valence electrons. The third-order valence-corrected chi connectivity index (χ3v) is 7.01. The molecule has 1 heterocycles. The number of likely N-dealkylation sites (N-methyl/N-ethyl adjacent to an activating group) is 1. The van der Waals surface area contributed by atoms with Crippen LogP contribution in [-0.4, -0.2) is 82.5 Å². The van der Waals surface area contributed by atoms with Crippen molar-refractivity contribution in [2.45, 2.75) is 38.3 Å². The lowest BCUT2D eigenvalue weighted by molar-refractivity contribution is -0.140. The molecular formula is C20H32N4O5S. The minimum atomic E-state index is -3.83. The first-order chi connectivity index (χ1) is 14.0. The molecular weight excluding hydrogens is 408 g/mol. The predicted molar refractivity (Wildman–Crippen MR) is 113 cm³/mol. The number of benzene rings is 1. The second-order valence-electron chi connectivity index (χ2n) is 7.79. The number of nitrogens with zero attached hydrogens (tertiary/aromatic N) is 2. The van der Waals surface area contributed by atoms with E-state index in [2.05, 4.69) is 10.6 Å². The van der Waals surface area contributed by atoms with Crippen LogP contribution in [0.5, 0.6) is 0 Å². The maximum atomic E-state index is 13.4. The van der Waals surface area contributed by atoms with Crippen molar-refractivity contribution in [3.8, 4) is 0 Å². The summed E-state index contributed by atoms with van der Waals surface area (Å²) in [6.45, 7) is 6.96. The molecule has 0 aliphatic carbocycles. The van der Waals surface area contributed by atoms with Gasteiger partial charge < -0.3 is 20.3 Å². The molecule has 0 saturated carbocycles. The summed E-state index contributed by atoms with van der Waals surface area (Å²) in [5.41, 5.74) is 2.32. The highest BCUT2D eigenvalue weighted by Gasteiger charge is 2.36. The average molecular weight is 441 g/mol. The van der Waals surface area contributed by atoms with E-state index in [0.717, 1.165) is 5.56 Å². The Labute approximate surface area is 178 Å². The number of sulfonamides is 1. The molecule has 0 aromatic heterocycles. The van der Waals surface area contributed by atoms with Crippen molar-refractivity contribution >= 4 is 21.8 Å². The highest BCUT2D eigenvalue weighted by Crippen LogP contribution is 2.28. The molecule has 1 aromatic rings. The molecule has 2 N–H and O–H groups in total. The number of amides is 2. The molecule has 2 amide bonds. The standard InChI is InChI=1S/C20H32N4O5S/c1-14-11-15(2)18(16(3)12-14)30(27,28)24-8-6-10-29-17(24)13-22-20(26)19(25)21-7-9-23(4)5/h11-12,17H,6-10,13H2,1-5H3,(H,21,25)(H,22,26)/t17-/m0/s1. The summed E-state index contributed by atoms with van der Waals surface area (Å²) in [4.78, 5) is 26.1. The van der Waals surface area contributed by atoms with Crippen molar-refractivity contribution in [2.24, 2.45) is 0 Å². The topological polar surface area (TPSA) is 108 Å². The van der Waals surface area contributed by atoms with Crippen molar-refractivity contribution in [1.29, 1.82) is 0 Å². The van der Waals surface area contributed by atoms with Crippen molar-refractivity contribution < 1.29 is 22.7 Å². The lowest BCUT2D eigenvalue weighted by atomic mass is 10.1. The fraction of sp³-hybridized carbons (Fsp3) is 0.600. The molecule has 1 saturated heterocycles.